The Morgan fingerprint density at radius 2 is 2.00 bits per heavy atom. The highest BCUT2D eigenvalue weighted by Gasteiger charge is 2.49. The van der Waals surface area contributed by atoms with Crippen molar-refractivity contribution in [1.29, 1.82) is 0 Å². The topological polar surface area (TPSA) is 134 Å². The van der Waals surface area contributed by atoms with Gasteiger partial charge in [-0.1, -0.05) is 5.16 Å². The van der Waals surface area contributed by atoms with Crippen molar-refractivity contribution >= 4 is 27.9 Å². The second-order valence-corrected chi connectivity index (χ2v) is 5.43. The third-order valence-corrected chi connectivity index (χ3v) is 3.28. The molecule has 0 aromatic heterocycles. The van der Waals surface area contributed by atoms with Crippen LogP contribution in [0.4, 0.5) is 0 Å². The molecule has 102 valence electrons. The molecule has 18 heavy (non-hydrogen) atoms. The molecule has 0 spiro atoms. The number of carbonyl (C=O) groups excluding carboxylic acids is 1. The molecule has 0 saturated carbocycles. The van der Waals surface area contributed by atoms with E-state index in [0.29, 0.717) is 0 Å². The van der Waals surface area contributed by atoms with E-state index in [1.54, 1.807) is 0 Å². The van der Waals surface area contributed by atoms with Crippen molar-refractivity contribution in [2.45, 2.75) is 32.4 Å². The number of hydrogen-bond donors (Lipinski definition) is 2. The summed E-state index contributed by atoms with van der Waals surface area (Å²) in [5.41, 5.74) is -1.92. The third kappa shape index (κ3) is 2.43. The van der Waals surface area contributed by atoms with Gasteiger partial charge in [-0.2, -0.15) is 8.42 Å². The molecule has 1 atom stereocenters. The summed E-state index contributed by atoms with van der Waals surface area (Å²) in [6, 6.07) is -1.00. The van der Waals surface area contributed by atoms with Crippen molar-refractivity contribution < 1.29 is 32.5 Å². The van der Waals surface area contributed by atoms with Crippen LogP contribution in [0.1, 0.15) is 20.8 Å². The van der Waals surface area contributed by atoms with Crippen molar-refractivity contribution in [3.05, 3.63) is 0 Å². The zero-order valence-corrected chi connectivity index (χ0v) is 10.6. The van der Waals surface area contributed by atoms with Gasteiger partial charge in [-0.15, -0.1) is 0 Å². The summed E-state index contributed by atoms with van der Waals surface area (Å²) in [5.74, 6) is -2.34. The summed E-state index contributed by atoms with van der Waals surface area (Å²) >= 11 is 0. The van der Waals surface area contributed by atoms with Gasteiger partial charge in [-0.3, -0.25) is 9.35 Å². The summed E-state index contributed by atoms with van der Waals surface area (Å²) in [7, 11) is -4.64. The smallest absolute Gasteiger partial charge is 0.363 e. The number of rotatable bonds is 4. The van der Waals surface area contributed by atoms with Crippen LogP contribution in [0.2, 0.25) is 0 Å². The minimum Gasteiger partial charge on any atom is -0.478 e. The molecule has 1 amide bonds. The number of carbonyl (C=O) groups is 2. The lowest BCUT2D eigenvalue weighted by Crippen LogP contribution is -2.62. The number of carboxylic acid groups (broad SMARTS) is 1. The van der Waals surface area contributed by atoms with Crippen molar-refractivity contribution in [3.8, 4) is 0 Å². The lowest BCUT2D eigenvalue weighted by atomic mass is 10.1. The van der Waals surface area contributed by atoms with Gasteiger partial charge in [-0.25, -0.2) is 9.10 Å². The quantitative estimate of drug-likeness (QED) is 0.393. The Hall–Kier alpha value is -1.68. The first kappa shape index (κ1) is 14.4. The van der Waals surface area contributed by atoms with Gasteiger partial charge < -0.3 is 9.94 Å². The van der Waals surface area contributed by atoms with Crippen LogP contribution in [0.25, 0.3) is 0 Å². The normalized spacial score (nSPS) is 22.9. The minimum absolute atomic E-state index is 0.211. The van der Waals surface area contributed by atoms with Gasteiger partial charge in [0.1, 0.15) is 0 Å². The SMILES string of the molecule is CC1C(=NOC(C)(C)C(=O)O)C(=O)N1S(=O)(=O)O. The molecule has 1 heterocycles. The Bertz CT molecular complexity index is 522. The lowest BCUT2D eigenvalue weighted by molar-refractivity contribution is -0.161. The summed E-state index contributed by atoms with van der Waals surface area (Å²) in [6.07, 6.45) is 0. The highest BCUT2D eigenvalue weighted by molar-refractivity contribution is 7.84. The van der Waals surface area contributed by atoms with Gasteiger partial charge in [0.25, 0.3) is 5.91 Å². The average molecular weight is 280 g/mol. The molecule has 0 aliphatic carbocycles. The second kappa shape index (κ2) is 4.21. The first-order valence-corrected chi connectivity index (χ1v) is 6.19. The highest BCUT2D eigenvalue weighted by atomic mass is 32.2. The molecule has 0 radical (unpaired) electrons. The molecule has 0 aromatic carbocycles. The molecule has 10 heteroatoms. The maximum atomic E-state index is 11.3. The molecule has 1 fully saturated rings. The van der Waals surface area contributed by atoms with Gasteiger partial charge >= 0.3 is 16.3 Å². The number of nitrogens with zero attached hydrogens (tertiary/aromatic N) is 2. The number of hydrogen-bond acceptors (Lipinski definition) is 6. The predicted octanol–water partition coefficient (Wildman–Crippen LogP) is -0.744. The number of amides is 1. The van der Waals surface area contributed by atoms with Crippen LogP contribution in [0.5, 0.6) is 0 Å². The summed E-state index contributed by atoms with van der Waals surface area (Å²) < 4.78 is 30.4. The molecule has 1 aliphatic rings. The number of aliphatic carboxylic acids is 1. The second-order valence-electron chi connectivity index (χ2n) is 4.14. The van der Waals surface area contributed by atoms with Gasteiger partial charge in [0.15, 0.2) is 5.71 Å². The van der Waals surface area contributed by atoms with E-state index in [2.05, 4.69) is 9.99 Å². The lowest BCUT2D eigenvalue weighted by Gasteiger charge is -2.35. The largest absolute Gasteiger partial charge is 0.478 e. The van der Waals surface area contributed by atoms with Crippen LogP contribution in [-0.4, -0.2) is 51.6 Å². The predicted molar refractivity (Wildman–Crippen MR) is 58.1 cm³/mol. The molecule has 1 saturated heterocycles. The van der Waals surface area contributed by atoms with Crippen molar-refractivity contribution in [3.63, 3.8) is 0 Å². The van der Waals surface area contributed by atoms with E-state index >= 15 is 0 Å². The van der Waals surface area contributed by atoms with E-state index in [4.69, 9.17) is 9.66 Å². The van der Waals surface area contributed by atoms with Crippen LogP contribution in [0.3, 0.4) is 0 Å². The Balaban J connectivity index is 2.85. The molecule has 0 aromatic rings. The number of oxime groups is 1. The number of β-lactam (4-membered cyclic amide) rings is 1. The zero-order chi connectivity index (χ0) is 14.3. The monoisotopic (exact) mass is 280 g/mol. The molecule has 0 bridgehead atoms. The molecule has 1 aliphatic heterocycles. The molecule has 1 unspecified atom stereocenters. The van der Waals surface area contributed by atoms with E-state index in [1.807, 2.05) is 0 Å². The fourth-order valence-corrected chi connectivity index (χ4v) is 1.94. The van der Waals surface area contributed by atoms with Crippen LogP contribution in [0.15, 0.2) is 5.16 Å². The fourth-order valence-electron chi connectivity index (χ4n) is 1.13. The van der Waals surface area contributed by atoms with Crippen molar-refractivity contribution in [2.75, 3.05) is 0 Å². The summed E-state index contributed by atoms with van der Waals surface area (Å²) in [4.78, 5) is 26.7. The Morgan fingerprint density at radius 3 is 2.33 bits per heavy atom. The van der Waals surface area contributed by atoms with Crippen LogP contribution >= 0.6 is 0 Å². The Labute approximate surface area is 103 Å². The first-order valence-electron chi connectivity index (χ1n) is 4.79. The fraction of sp³-hybridized carbons (Fsp3) is 0.625. The molecule has 2 N–H and O–H groups in total. The van der Waals surface area contributed by atoms with Gasteiger partial charge in [0, 0.05) is 0 Å². The van der Waals surface area contributed by atoms with Crippen LogP contribution in [-0.2, 0) is 24.7 Å². The van der Waals surface area contributed by atoms with Gasteiger partial charge in [-0.05, 0) is 20.8 Å². The van der Waals surface area contributed by atoms with E-state index in [9.17, 15) is 18.0 Å². The third-order valence-electron chi connectivity index (χ3n) is 2.30. The zero-order valence-electron chi connectivity index (χ0n) is 9.82. The first-order chi connectivity index (χ1) is 7.98. The standard InChI is InChI=1S/C8H12N2O7S/c1-4-5(6(11)10(4)18(14,15)16)9-17-8(2,3)7(12)13/h4H,1-3H3,(H,12,13)(H,14,15,16). The molecular weight excluding hydrogens is 268 g/mol. The Morgan fingerprint density at radius 1 is 1.50 bits per heavy atom. The minimum atomic E-state index is -4.64. The number of carboxylic acids is 1. The highest BCUT2D eigenvalue weighted by Crippen LogP contribution is 2.21. The summed E-state index contributed by atoms with van der Waals surface area (Å²) in [6.45, 7) is 3.73. The van der Waals surface area contributed by atoms with E-state index < -0.39 is 33.8 Å². The van der Waals surface area contributed by atoms with Crippen molar-refractivity contribution in [2.24, 2.45) is 5.16 Å². The maximum absolute atomic E-state index is 11.3. The molecule has 9 nitrogen and oxygen atoms in total. The molecular formula is C8H12N2O7S. The maximum Gasteiger partial charge on any atom is 0.363 e. The van der Waals surface area contributed by atoms with E-state index in [1.165, 1.54) is 20.8 Å². The van der Waals surface area contributed by atoms with Crippen molar-refractivity contribution in [1.82, 2.24) is 4.31 Å². The summed E-state index contributed by atoms with van der Waals surface area (Å²) in [5, 5.41) is 12.0. The van der Waals surface area contributed by atoms with Crippen LogP contribution < -0.4 is 0 Å². The Kier molecular flexibility index (Phi) is 3.36. The van der Waals surface area contributed by atoms with Gasteiger partial charge in [0.2, 0.25) is 5.60 Å². The average Bonchev–Trinajstić information content (AvgIpc) is 2.14. The molecule has 1 rings (SSSR count). The van der Waals surface area contributed by atoms with E-state index in [-0.39, 0.29) is 10.0 Å². The van der Waals surface area contributed by atoms with E-state index in [0.717, 1.165) is 0 Å². The van der Waals surface area contributed by atoms with Crippen LogP contribution in [0, 0.1) is 0 Å². The van der Waals surface area contributed by atoms with Gasteiger partial charge in [0.05, 0.1) is 6.04 Å².